The molecule has 1 heterocycles. The molecule has 1 unspecified atom stereocenters. The van der Waals surface area contributed by atoms with Gasteiger partial charge in [-0.05, 0) is 48.6 Å². The van der Waals surface area contributed by atoms with Gasteiger partial charge in [-0.2, -0.15) is 0 Å². The maximum Gasteiger partial charge on any atom is 0.184 e. The van der Waals surface area contributed by atoms with Crippen LogP contribution in [0, 0.1) is 5.92 Å². The number of hydrogen-bond donors (Lipinski definition) is 0. The molecule has 1 saturated heterocycles. The summed E-state index contributed by atoms with van der Waals surface area (Å²) in [6.45, 7) is 8.63. The van der Waals surface area contributed by atoms with Crippen LogP contribution in [0.15, 0.2) is 18.2 Å². The first-order chi connectivity index (χ1) is 13.7. The van der Waals surface area contributed by atoms with Gasteiger partial charge in [0.05, 0.1) is 13.2 Å². The third-order valence-corrected chi connectivity index (χ3v) is 6.88. The molecule has 0 bridgehead atoms. The third-order valence-electron chi connectivity index (χ3n) is 6.88. The molecule has 0 amide bonds. The lowest BCUT2D eigenvalue weighted by Gasteiger charge is -2.33. The molecule has 2 fully saturated rings. The van der Waals surface area contributed by atoms with Gasteiger partial charge < -0.3 is 9.47 Å². The first-order valence-corrected chi connectivity index (χ1v) is 12.1. The van der Waals surface area contributed by atoms with Crippen LogP contribution in [0.2, 0.25) is 0 Å². The van der Waals surface area contributed by atoms with Gasteiger partial charge in [0.1, 0.15) is 0 Å². The van der Waals surface area contributed by atoms with E-state index in [-0.39, 0.29) is 6.29 Å². The fraction of sp³-hybridized carbons (Fsp3) is 0.769. The molecule has 1 saturated carbocycles. The van der Waals surface area contributed by atoms with Gasteiger partial charge in [0.2, 0.25) is 0 Å². The lowest BCUT2D eigenvalue weighted by molar-refractivity contribution is -0.206. The summed E-state index contributed by atoms with van der Waals surface area (Å²) in [4.78, 5) is 0. The van der Waals surface area contributed by atoms with Gasteiger partial charge in [-0.3, -0.25) is 0 Å². The number of unbranched alkanes of at least 4 members (excludes halogenated alkanes) is 2. The number of rotatable bonds is 9. The Morgan fingerprint density at radius 2 is 1.68 bits per heavy atom. The Hall–Kier alpha value is -0.860. The number of hydrogen-bond acceptors (Lipinski definition) is 2. The lowest BCUT2D eigenvalue weighted by atomic mass is 9.80. The Kier molecular flexibility index (Phi) is 8.86. The summed E-state index contributed by atoms with van der Waals surface area (Å²) < 4.78 is 12.5. The Balaban J connectivity index is 1.72. The van der Waals surface area contributed by atoms with Crippen LogP contribution in [-0.2, 0) is 9.47 Å². The SMILES string of the molecule is CCCCC[C@H]1CO[C@H](c2ccc(C(C)CCC)cc2C2CCCCC2)OC1. The van der Waals surface area contributed by atoms with E-state index in [2.05, 4.69) is 39.0 Å². The molecule has 1 aromatic rings. The monoisotopic (exact) mass is 386 g/mol. The molecular weight excluding hydrogens is 344 g/mol. The Morgan fingerprint density at radius 3 is 2.36 bits per heavy atom. The van der Waals surface area contributed by atoms with Gasteiger partial charge in [0, 0.05) is 11.5 Å². The van der Waals surface area contributed by atoms with E-state index in [1.165, 1.54) is 87.3 Å². The van der Waals surface area contributed by atoms with Gasteiger partial charge >= 0.3 is 0 Å². The van der Waals surface area contributed by atoms with Crippen molar-refractivity contribution >= 4 is 0 Å². The van der Waals surface area contributed by atoms with Gasteiger partial charge in [0.25, 0.3) is 0 Å². The van der Waals surface area contributed by atoms with E-state index in [4.69, 9.17) is 9.47 Å². The number of benzene rings is 1. The second kappa shape index (κ2) is 11.4. The van der Waals surface area contributed by atoms with Crippen molar-refractivity contribution in [2.24, 2.45) is 5.92 Å². The van der Waals surface area contributed by atoms with Crippen molar-refractivity contribution in [1.29, 1.82) is 0 Å². The zero-order valence-corrected chi connectivity index (χ0v) is 18.6. The molecule has 1 atom stereocenters. The molecule has 158 valence electrons. The van der Waals surface area contributed by atoms with E-state index in [9.17, 15) is 0 Å². The van der Waals surface area contributed by atoms with E-state index in [0.717, 1.165) is 13.2 Å². The molecule has 28 heavy (non-hydrogen) atoms. The second-order valence-corrected chi connectivity index (χ2v) is 9.27. The molecular formula is C26H42O2. The summed E-state index contributed by atoms with van der Waals surface area (Å²) in [5, 5.41) is 0. The van der Waals surface area contributed by atoms with Gasteiger partial charge in [-0.15, -0.1) is 0 Å². The first kappa shape index (κ1) is 21.8. The van der Waals surface area contributed by atoms with Crippen molar-refractivity contribution in [2.75, 3.05) is 13.2 Å². The van der Waals surface area contributed by atoms with Crippen LogP contribution in [0.3, 0.4) is 0 Å². The molecule has 2 nitrogen and oxygen atoms in total. The highest BCUT2D eigenvalue weighted by Crippen LogP contribution is 2.40. The molecule has 0 aromatic heterocycles. The van der Waals surface area contributed by atoms with Gasteiger partial charge in [-0.25, -0.2) is 0 Å². The molecule has 1 aliphatic carbocycles. The van der Waals surface area contributed by atoms with Crippen LogP contribution in [-0.4, -0.2) is 13.2 Å². The predicted molar refractivity (Wildman–Crippen MR) is 118 cm³/mol. The van der Waals surface area contributed by atoms with E-state index in [1.807, 2.05) is 0 Å². The van der Waals surface area contributed by atoms with Crippen molar-refractivity contribution in [3.05, 3.63) is 34.9 Å². The highest BCUT2D eigenvalue weighted by atomic mass is 16.7. The third kappa shape index (κ3) is 5.83. The van der Waals surface area contributed by atoms with Crippen LogP contribution in [0.1, 0.15) is 126 Å². The fourth-order valence-electron chi connectivity index (χ4n) is 5.05. The quantitative estimate of drug-likeness (QED) is 0.402. The normalized spacial score (nSPS) is 25.0. The molecule has 2 heteroatoms. The molecule has 2 aliphatic rings. The second-order valence-electron chi connectivity index (χ2n) is 9.27. The molecule has 0 radical (unpaired) electrons. The molecule has 3 rings (SSSR count). The van der Waals surface area contributed by atoms with Crippen molar-refractivity contribution < 1.29 is 9.47 Å². The van der Waals surface area contributed by atoms with E-state index in [1.54, 1.807) is 0 Å². The van der Waals surface area contributed by atoms with Crippen LogP contribution < -0.4 is 0 Å². The highest BCUT2D eigenvalue weighted by molar-refractivity contribution is 5.37. The Bertz CT molecular complexity index is 568. The topological polar surface area (TPSA) is 18.5 Å². The summed E-state index contributed by atoms with van der Waals surface area (Å²) >= 11 is 0. The molecule has 0 spiro atoms. The smallest absolute Gasteiger partial charge is 0.184 e. The summed E-state index contributed by atoms with van der Waals surface area (Å²) in [6, 6.07) is 7.17. The van der Waals surface area contributed by atoms with Crippen LogP contribution in [0.25, 0.3) is 0 Å². The van der Waals surface area contributed by atoms with Crippen LogP contribution in [0.4, 0.5) is 0 Å². The first-order valence-electron chi connectivity index (χ1n) is 12.1. The summed E-state index contributed by atoms with van der Waals surface area (Å²) in [5.41, 5.74) is 4.33. The minimum atomic E-state index is -0.158. The predicted octanol–water partition coefficient (Wildman–Crippen LogP) is 7.88. The number of ether oxygens (including phenoxy) is 2. The van der Waals surface area contributed by atoms with Crippen LogP contribution >= 0.6 is 0 Å². The molecule has 0 N–H and O–H groups in total. The highest BCUT2D eigenvalue weighted by Gasteiger charge is 2.28. The molecule has 1 aromatic carbocycles. The van der Waals surface area contributed by atoms with Crippen molar-refractivity contribution in [2.45, 2.75) is 110 Å². The Morgan fingerprint density at radius 1 is 0.929 bits per heavy atom. The van der Waals surface area contributed by atoms with Crippen molar-refractivity contribution in [3.63, 3.8) is 0 Å². The maximum absolute atomic E-state index is 6.26. The van der Waals surface area contributed by atoms with Gasteiger partial charge in [0.15, 0.2) is 6.29 Å². The zero-order valence-electron chi connectivity index (χ0n) is 18.6. The van der Waals surface area contributed by atoms with E-state index in [0.29, 0.717) is 17.8 Å². The average Bonchev–Trinajstić information content (AvgIpc) is 2.75. The van der Waals surface area contributed by atoms with Crippen molar-refractivity contribution in [3.8, 4) is 0 Å². The minimum Gasteiger partial charge on any atom is -0.348 e. The molecule has 1 aliphatic heterocycles. The zero-order chi connectivity index (χ0) is 19.8. The largest absolute Gasteiger partial charge is 0.348 e. The standard InChI is InChI=1S/C26H42O2/c1-4-6-8-12-21-18-27-26(28-19-21)24-16-15-23(20(3)11-5-2)17-25(24)22-13-9-7-10-14-22/h15-17,20-22,26H,4-14,18-19H2,1-3H3/t20?,21-,26-. The Labute approximate surface area is 173 Å². The summed E-state index contributed by atoms with van der Waals surface area (Å²) in [7, 11) is 0. The van der Waals surface area contributed by atoms with Crippen LogP contribution in [0.5, 0.6) is 0 Å². The summed E-state index contributed by atoms with van der Waals surface area (Å²) in [6.07, 6.45) is 14.3. The summed E-state index contributed by atoms with van der Waals surface area (Å²) in [5.74, 6) is 1.90. The maximum atomic E-state index is 6.26. The van der Waals surface area contributed by atoms with Crippen molar-refractivity contribution in [1.82, 2.24) is 0 Å². The lowest BCUT2D eigenvalue weighted by Crippen LogP contribution is -2.28. The van der Waals surface area contributed by atoms with Gasteiger partial charge in [-0.1, -0.05) is 83.9 Å². The van der Waals surface area contributed by atoms with E-state index >= 15 is 0 Å². The average molecular weight is 387 g/mol. The van der Waals surface area contributed by atoms with E-state index < -0.39 is 0 Å². The fourth-order valence-corrected chi connectivity index (χ4v) is 5.05. The minimum absolute atomic E-state index is 0.158.